The van der Waals surface area contributed by atoms with E-state index in [9.17, 15) is 4.79 Å². The van der Waals surface area contributed by atoms with Crippen LogP contribution in [0.3, 0.4) is 0 Å². The van der Waals surface area contributed by atoms with Gasteiger partial charge in [-0.05, 0) is 30.2 Å². The molecule has 1 aromatic heterocycles. The molecule has 0 aliphatic carbocycles. The summed E-state index contributed by atoms with van der Waals surface area (Å²) in [6.07, 6.45) is 1.24. The van der Waals surface area contributed by atoms with E-state index < -0.39 is 0 Å². The molecule has 0 atom stereocenters. The van der Waals surface area contributed by atoms with Gasteiger partial charge < -0.3 is 9.64 Å². The molecule has 0 bridgehead atoms. The zero-order chi connectivity index (χ0) is 17.2. The smallest absolute Gasteiger partial charge is 0.233 e. The molecule has 1 amide bonds. The second-order valence-electron chi connectivity index (χ2n) is 5.95. The van der Waals surface area contributed by atoms with Gasteiger partial charge in [-0.3, -0.25) is 4.79 Å². The largest absolute Gasteiger partial charge is 0.496 e. The number of benzene rings is 2. The number of aromatic nitrogens is 1. The summed E-state index contributed by atoms with van der Waals surface area (Å²) in [5, 5.41) is 2.84. The van der Waals surface area contributed by atoms with E-state index >= 15 is 0 Å². The lowest BCUT2D eigenvalue weighted by Gasteiger charge is -2.16. The number of rotatable bonds is 4. The molecule has 126 valence electrons. The summed E-state index contributed by atoms with van der Waals surface area (Å²) >= 11 is 1.54. The number of ether oxygens (including phenoxy) is 1. The number of hydrogen-bond donors (Lipinski definition) is 0. The number of anilines is 1. The average Bonchev–Trinajstić information content (AvgIpc) is 3.28. The Kier molecular flexibility index (Phi) is 4.24. The summed E-state index contributed by atoms with van der Waals surface area (Å²) in [6.45, 7) is 0.752. The molecule has 5 heteroatoms. The van der Waals surface area contributed by atoms with E-state index in [-0.39, 0.29) is 5.91 Å². The number of carbonyl (C=O) groups excluding carboxylic acids is 1. The van der Waals surface area contributed by atoms with Crippen molar-refractivity contribution >= 4 is 22.9 Å². The van der Waals surface area contributed by atoms with Crippen LogP contribution in [-0.2, 0) is 17.6 Å². The molecule has 2 heterocycles. The summed E-state index contributed by atoms with van der Waals surface area (Å²) in [4.78, 5) is 19.2. The number of carbonyl (C=O) groups is 1. The molecule has 0 N–H and O–H groups in total. The number of hydrogen-bond acceptors (Lipinski definition) is 4. The van der Waals surface area contributed by atoms with E-state index in [0.29, 0.717) is 6.42 Å². The summed E-state index contributed by atoms with van der Waals surface area (Å²) in [7, 11) is 1.65. The molecule has 0 fully saturated rings. The van der Waals surface area contributed by atoms with Gasteiger partial charge in [0.1, 0.15) is 10.8 Å². The fourth-order valence-corrected chi connectivity index (χ4v) is 4.03. The van der Waals surface area contributed by atoms with Crippen molar-refractivity contribution in [2.24, 2.45) is 0 Å². The molecule has 0 unspecified atom stereocenters. The Balaban J connectivity index is 1.53. The van der Waals surface area contributed by atoms with E-state index in [1.54, 1.807) is 18.4 Å². The monoisotopic (exact) mass is 350 g/mol. The van der Waals surface area contributed by atoms with Gasteiger partial charge in [-0.25, -0.2) is 4.98 Å². The molecule has 25 heavy (non-hydrogen) atoms. The number of fused-ring (bicyclic) bond motifs is 1. The van der Waals surface area contributed by atoms with E-state index in [1.165, 1.54) is 5.56 Å². The minimum Gasteiger partial charge on any atom is -0.496 e. The first-order chi connectivity index (χ1) is 12.3. The Labute approximate surface area is 150 Å². The lowest BCUT2D eigenvalue weighted by Crippen LogP contribution is -2.30. The van der Waals surface area contributed by atoms with Gasteiger partial charge >= 0.3 is 0 Å². The van der Waals surface area contributed by atoms with Crippen molar-refractivity contribution in [3.63, 3.8) is 0 Å². The first kappa shape index (κ1) is 15.8. The van der Waals surface area contributed by atoms with Crippen LogP contribution in [0.25, 0.3) is 10.6 Å². The molecular weight excluding hydrogens is 332 g/mol. The van der Waals surface area contributed by atoms with Crippen molar-refractivity contribution < 1.29 is 9.53 Å². The maximum Gasteiger partial charge on any atom is 0.233 e. The molecule has 0 radical (unpaired) electrons. The molecule has 0 saturated carbocycles. The molecular formula is C20H18N2O2S. The zero-order valence-corrected chi connectivity index (χ0v) is 14.8. The number of para-hydroxylation sites is 2. The van der Waals surface area contributed by atoms with Crippen molar-refractivity contribution in [3.8, 4) is 16.3 Å². The van der Waals surface area contributed by atoms with Crippen molar-refractivity contribution in [2.45, 2.75) is 12.8 Å². The predicted octanol–water partition coefficient (Wildman–Crippen LogP) is 3.95. The van der Waals surface area contributed by atoms with E-state index in [2.05, 4.69) is 11.1 Å². The Morgan fingerprint density at radius 2 is 2.00 bits per heavy atom. The zero-order valence-electron chi connectivity index (χ0n) is 13.9. The standard InChI is InChI=1S/C20H18N2O2S/c1-24-18-9-5-3-7-16(18)20-21-15(13-25-20)12-19(23)22-11-10-14-6-2-4-8-17(14)22/h2-9,13H,10-12H2,1H3. The van der Waals surface area contributed by atoms with Gasteiger partial charge in [-0.1, -0.05) is 30.3 Å². The second kappa shape index (κ2) is 6.69. The molecule has 4 rings (SSSR count). The first-order valence-corrected chi connectivity index (χ1v) is 9.10. The van der Waals surface area contributed by atoms with E-state index in [1.807, 2.05) is 52.7 Å². The van der Waals surface area contributed by atoms with Crippen LogP contribution in [0.2, 0.25) is 0 Å². The summed E-state index contributed by atoms with van der Waals surface area (Å²) < 4.78 is 5.40. The lowest BCUT2D eigenvalue weighted by atomic mass is 10.2. The van der Waals surface area contributed by atoms with E-state index in [4.69, 9.17) is 4.74 Å². The Morgan fingerprint density at radius 3 is 2.88 bits per heavy atom. The molecule has 4 nitrogen and oxygen atoms in total. The average molecular weight is 350 g/mol. The SMILES string of the molecule is COc1ccccc1-c1nc(CC(=O)N2CCc3ccccc32)cs1. The van der Waals surface area contributed by atoms with Gasteiger partial charge in [0.05, 0.1) is 24.8 Å². The molecule has 0 spiro atoms. The highest BCUT2D eigenvalue weighted by molar-refractivity contribution is 7.13. The molecule has 1 aliphatic rings. The number of amides is 1. The maximum absolute atomic E-state index is 12.7. The van der Waals surface area contributed by atoms with Gasteiger partial charge in [0, 0.05) is 17.6 Å². The van der Waals surface area contributed by atoms with Crippen LogP contribution in [-0.4, -0.2) is 24.5 Å². The van der Waals surface area contributed by atoms with Crippen LogP contribution in [0, 0.1) is 0 Å². The van der Waals surface area contributed by atoms with Crippen LogP contribution < -0.4 is 9.64 Å². The Hall–Kier alpha value is -2.66. The van der Waals surface area contributed by atoms with Gasteiger partial charge in [0.2, 0.25) is 5.91 Å². The third kappa shape index (κ3) is 3.03. The highest BCUT2D eigenvalue weighted by atomic mass is 32.1. The third-order valence-corrected chi connectivity index (χ3v) is 5.33. The van der Waals surface area contributed by atoms with E-state index in [0.717, 1.165) is 40.7 Å². The minimum atomic E-state index is 0.0989. The lowest BCUT2D eigenvalue weighted by molar-refractivity contribution is -0.117. The van der Waals surface area contributed by atoms with Crippen LogP contribution >= 0.6 is 11.3 Å². The molecule has 0 saturated heterocycles. The Morgan fingerprint density at radius 1 is 1.20 bits per heavy atom. The Bertz CT molecular complexity index is 919. The summed E-state index contributed by atoms with van der Waals surface area (Å²) in [5.41, 5.74) is 4.04. The number of nitrogens with zero attached hydrogens (tertiary/aromatic N) is 2. The van der Waals surface area contributed by atoms with Gasteiger partial charge in [-0.15, -0.1) is 11.3 Å². The number of methoxy groups -OCH3 is 1. The maximum atomic E-state index is 12.7. The van der Waals surface area contributed by atoms with Gasteiger partial charge in [-0.2, -0.15) is 0 Å². The summed E-state index contributed by atoms with van der Waals surface area (Å²) in [5.74, 6) is 0.894. The molecule has 1 aliphatic heterocycles. The van der Waals surface area contributed by atoms with Gasteiger partial charge in [0.25, 0.3) is 0 Å². The minimum absolute atomic E-state index is 0.0989. The van der Waals surface area contributed by atoms with Crippen LogP contribution in [0.15, 0.2) is 53.9 Å². The fraction of sp³-hybridized carbons (Fsp3) is 0.200. The predicted molar refractivity (Wildman–Crippen MR) is 100 cm³/mol. The van der Waals surface area contributed by atoms with Crippen LogP contribution in [0.1, 0.15) is 11.3 Å². The molecule has 3 aromatic rings. The van der Waals surface area contributed by atoms with Crippen molar-refractivity contribution in [1.82, 2.24) is 4.98 Å². The van der Waals surface area contributed by atoms with Crippen molar-refractivity contribution in [1.29, 1.82) is 0 Å². The van der Waals surface area contributed by atoms with Crippen LogP contribution in [0.5, 0.6) is 5.75 Å². The number of thiazole rings is 1. The third-order valence-electron chi connectivity index (χ3n) is 4.41. The van der Waals surface area contributed by atoms with Crippen molar-refractivity contribution in [3.05, 3.63) is 65.2 Å². The van der Waals surface area contributed by atoms with Gasteiger partial charge in [0.15, 0.2) is 0 Å². The first-order valence-electron chi connectivity index (χ1n) is 8.22. The topological polar surface area (TPSA) is 42.4 Å². The summed E-state index contributed by atoms with van der Waals surface area (Å²) in [6, 6.07) is 15.9. The fourth-order valence-electron chi connectivity index (χ4n) is 3.18. The second-order valence-corrected chi connectivity index (χ2v) is 6.80. The van der Waals surface area contributed by atoms with Crippen LogP contribution in [0.4, 0.5) is 5.69 Å². The highest BCUT2D eigenvalue weighted by Gasteiger charge is 2.24. The normalized spacial score (nSPS) is 12.9. The molecule has 2 aromatic carbocycles. The highest BCUT2D eigenvalue weighted by Crippen LogP contribution is 2.32. The van der Waals surface area contributed by atoms with Crippen molar-refractivity contribution in [2.75, 3.05) is 18.6 Å². The quantitative estimate of drug-likeness (QED) is 0.715.